The van der Waals surface area contributed by atoms with Crippen molar-refractivity contribution in [3.8, 4) is 11.1 Å². The van der Waals surface area contributed by atoms with Gasteiger partial charge >= 0.3 is 0 Å². The molecule has 0 spiro atoms. The summed E-state index contributed by atoms with van der Waals surface area (Å²) in [6, 6.07) is 20.9. The van der Waals surface area contributed by atoms with E-state index in [9.17, 15) is 14.0 Å². The van der Waals surface area contributed by atoms with Crippen LogP contribution in [-0.2, 0) is 0 Å². The van der Waals surface area contributed by atoms with Crippen LogP contribution in [-0.4, -0.2) is 5.91 Å². The van der Waals surface area contributed by atoms with Crippen LogP contribution in [0.4, 0.5) is 10.3 Å². The molecular formula is C22H14FNO3. The lowest BCUT2D eigenvalue weighted by molar-refractivity contribution is 0.102. The highest BCUT2D eigenvalue weighted by atomic mass is 19.1. The van der Waals surface area contributed by atoms with Gasteiger partial charge in [0.25, 0.3) is 5.91 Å². The second kappa shape index (κ2) is 6.88. The number of hydrogen-bond donors (Lipinski definition) is 1. The zero-order chi connectivity index (χ0) is 18.8. The first-order chi connectivity index (χ1) is 13.1. The lowest BCUT2D eigenvalue weighted by Crippen LogP contribution is -2.16. The van der Waals surface area contributed by atoms with Crippen LogP contribution >= 0.6 is 0 Å². The van der Waals surface area contributed by atoms with Gasteiger partial charge in [0.05, 0.1) is 10.9 Å². The molecule has 1 aromatic heterocycles. The third-order valence-corrected chi connectivity index (χ3v) is 4.19. The number of fused-ring (bicyclic) bond motifs is 1. The summed E-state index contributed by atoms with van der Waals surface area (Å²) in [4.78, 5) is 25.6. The summed E-state index contributed by atoms with van der Waals surface area (Å²) in [5.74, 6) is -0.796. The maximum atomic E-state index is 13.3. The molecule has 0 radical (unpaired) electrons. The summed E-state index contributed by atoms with van der Waals surface area (Å²) in [5.41, 5.74) is 1.12. The normalized spacial score (nSPS) is 10.7. The molecule has 3 aromatic carbocycles. The minimum atomic E-state index is -0.418. The molecule has 4 aromatic rings. The number of para-hydroxylation sites is 1. The maximum absolute atomic E-state index is 13.3. The van der Waals surface area contributed by atoms with E-state index in [0.29, 0.717) is 22.1 Å². The Morgan fingerprint density at radius 2 is 1.52 bits per heavy atom. The number of hydrogen-bond acceptors (Lipinski definition) is 3. The number of halogens is 1. The molecule has 0 unspecified atom stereocenters. The summed E-state index contributed by atoms with van der Waals surface area (Å²) in [5, 5.41) is 3.06. The van der Waals surface area contributed by atoms with E-state index in [1.165, 1.54) is 24.3 Å². The van der Waals surface area contributed by atoms with Crippen molar-refractivity contribution in [2.45, 2.75) is 0 Å². The fourth-order valence-corrected chi connectivity index (χ4v) is 2.87. The Morgan fingerprint density at radius 1 is 0.852 bits per heavy atom. The largest absolute Gasteiger partial charge is 0.439 e. The number of anilines is 1. The Balaban J connectivity index is 1.90. The number of nitrogens with one attached hydrogen (secondary N) is 1. The van der Waals surface area contributed by atoms with Crippen molar-refractivity contribution >= 4 is 22.8 Å². The van der Waals surface area contributed by atoms with Gasteiger partial charge in [-0.25, -0.2) is 4.39 Å². The molecule has 0 aliphatic rings. The van der Waals surface area contributed by atoms with Crippen LogP contribution in [0.25, 0.3) is 22.1 Å². The number of amides is 1. The molecule has 5 heteroatoms. The molecule has 0 saturated heterocycles. The Hall–Kier alpha value is -3.73. The first-order valence-corrected chi connectivity index (χ1v) is 8.31. The van der Waals surface area contributed by atoms with Crippen LogP contribution in [0, 0.1) is 5.82 Å². The van der Waals surface area contributed by atoms with Gasteiger partial charge < -0.3 is 4.42 Å². The summed E-state index contributed by atoms with van der Waals surface area (Å²) in [6.45, 7) is 0. The summed E-state index contributed by atoms with van der Waals surface area (Å²) >= 11 is 0. The Kier molecular flexibility index (Phi) is 4.26. The minimum Gasteiger partial charge on any atom is -0.439 e. The number of benzene rings is 3. The molecule has 0 fully saturated rings. The number of carbonyl (C=O) groups is 1. The Bertz CT molecular complexity index is 1180. The third kappa shape index (κ3) is 3.22. The molecule has 1 amide bonds. The first kappa shape index (κ1) is 16.7. The number of carbonyl (C=O) groups excluding carboxylic acids is 1. The molecule has 1 N–H and O–H groups in total. The minimum absolute atomic E-state index is 0.0270. The molecular weight excluding hydrogens is 345 g/mol. The van der Waals surface area contributed by atoms with Gasteiger partial charge in [-0.2, -0.15) is 0 Å². The van der Waals surface area contributed by atoms with Crippen molar-refractivity contribution in [1.29, 1.82) is 0 Å². The topological polar surface area (TPSA) is 59.3 Å². The molecule has 4 nitrogen and oxygen atoms in total. The number of rotatable bonds is 3. The zero-order valence-electron chi connectivity index (χ0n) is 14.1. The first-order valence-electron chi connectivity index (χ1n) is 8.31. The fraction of sp³-hybridized carbons (Fsp3) is 0. The quantitative estimate of drug-likeness (QED) is 0.569. The SMILES string of the molecule is O=C(Nc1oc2ccccc2c(=O)c1-c1ccc(F)cc1)c1ccccc1. The van der Waals surface area contributed by atoms with Gasteiger partial charge in [-0.3, -0.25) is 14.9 Å². The van der Waals surface area contributed by atoms with Crippen molar-refractivity contribution in [2.75, 3.05) is 5.32 Å². The van der Waals surface area contributed by atoms with Crippen molar-refractivity contribution in [1.82, 2.24) is 0 Å². The second-order valence-electron chi connectivity index (χ2n) is 5.96. The van der Waals surface area contributed by atoms with Crippen LogP contribution < -0.4 is 10.7 Å². The molecule has 1 heterocycles. The van der Waals surface area contributed by atoms with Crippen molar-refractivity contribution < 1.29 is 13.6 Å². The Labute approximate surface area is 153 Å². The highest BCUT2D eigenvalue weighted by molar-refractivity contribution is 6.05. The van der Waals surface area contributed by atoms with Gasteiger partial charge in [0.2, 0.25) is 11.3 Å². The van der Waals surface area contributed by atoms with Gasteiger partial charge in [-0.05, 0) is 42.0 Å². The van der Waals surface area contributed by atoms with E-state index in [0.717, 1.165) is 0 Å². The zero-order valence-corrected chi connectivity index (χ0v) is 14.1. The van der Waals surface area contributed by atoms with Crippen LogP contribution in [0.15, 0.2) is 88.1 Å². The van der Waals surface area contributed by atoms with Crippen LogP contribution in [0.3, 0.4) is 0 Å². The van der Waals surface area contributed by atoms with E-state index in [1.54, 1.807) is 54.6 Å². The lowest BCUT2D eigenvalue weighted by atomic mass is 10.0. The predicted molar refractivity (Wildman–Crippen MR) is 102 cm³/mol. The maximum Gasteiger partial charge on any atom is 0.257 e. The van der Waals surface area contributed by atoms with E-state index >= 15 is 0 Å². The smallest absolute Gasteiger partial charge is 0.257 e. The Morgan fingerprint density at radius 3 is 2.26 bits per heavy atom. The van der Waals surface area contributed by atoms with Gasteiger partial charge in [0, 0.05) is 5.56 Å². The van der Waals surface area contributed by atoms with Crippen molar-refractivity contribution in [2.24, 2.45) is 0 Å². The molecule has 132 valence electrons. The average Bonchev–Trinajstić information content (AvgIpc) is 2.70. The summed E-state index contributed by atoms with van der Waals surface area (Å²) < 4.78 is 19.1. The fourth-order valence-electron chi connectivity index (χ4n) is 2.87. The van der Waals surface area contributed by atoms with Gasteiger partial charge in [0.1, 0.15) is 11.4 Å². The lowest BCUT2D eigenvalue weighted by Gasteiger charge is -2.11. The average molecular weight is 359 g/mol. The molecule has 0 aliphatic carbocycles. The third-order valence-electron chi connectivity index (χ3n) is 4.19. The molecule has 4 rings (SSSR count). The van der Waals surface area contributed by atoms with Crippen LogP contribution in [0.1, 0.15) is 10.4 Å². The van der Waals surface area contributed by atoms with Crippen molar-refractivity contribution in [3.63, 3.8) is 0 Å². The summed E-state index contributed by atoms with van der Waals surface area (Å²) in [7, 11) is 0. The highest BCUT2D eigenvalue weighted by Crippen LogP contribution is 2.29. The van der Waals surface area contributed by atoms with Crippen LogP contribution in [0.2, 0.25) is 0 Å². The van der Waals surface area contributed by atoms with Crippen molar-refractivity contribution in [3.05, 3.63) is 100 Å². The standard InChI is InChI=1S/C22H14FNO3/c23-16-12-10-14(11-13-16)19-20(25)17-8-4-5-9-18(17)27-22(19)24-21(26)15-6-2-1-3-7-15/h1-13H,(H,24,26). The van der Waals surface area contributed by atoms with E-state index < -0.39 is 11.7 Å². The van der Waals surface area contributed by atoms with Crippen LogP contribution in [0.5, 0.6) is 0 Å². The van der Waals surface area contributed by atoms with E-state index in [2.05, 4.69) is 5.32 Å². The van der Waals surface area contributed by atoms with Gasteiger partial charge in [-0.1, -0.05) is 42.5 Å². The van der Waals surface area contributed by atoms with E-state index in [4.69, 9.17) is 4.42 Å². The molecule has 0 bridgehead atoms. The molecule has 0 atom stereocenters. The van der Waals surface area contributed by atoms with Gasteiger partial charge in [-0.15, -0.1) is 0 Å². The molecule has 27 heavy (non-hydrogen) atoms. The van der Waals surface area contributed by atoms with E-state index in [1.807, 2.05) is 0 Å². The van der Waals surface area contributed by atoms with E-state index in [-0.39, 0.29) is 16.9 Å². The molecule has 0 saturated carbocycles. The monoisotopic (exact) mass is 359 g/mol. The summed E-state index contributed by atoms with van der Waals surface area (Å²) in [6.07, 6.45) is 0. The predicted octanol–water partition coefficient (Wildman–Crippen LogP) is 4.85. The second-order valence-corrected chi connectivity index (χ2v) is 5.96. The molecule has 0 aliphatic heterocycles. The van der Waals surface area contributed by atoms with Gasteiger partial charge in [0.15, 0.2) is 0 Å². The highest BCUT2D eigenvalue weighted by Gasteiger charge is 2.18.